The van der Waals surface area contributed by atoms with Gasteiger partial charge in [-0.15, -0.1) is 0 Å². The highest BCUT2D eigenvalue weighted by Crippen LogP contribution is 2.26. The van der Waals surface area contributed by atoms with E-state index < -0.39 is 5.54 Å². The summed E-state index contributed by atoms with van der Waals surface area (Å²) in [5, 5.41) is 3.45. The van der Waals surface area contributed by atoms with Crippen LogP contribution in [0.25, 0.3) is 0 Å². The fourth-order valence-electron chi connectivity index (χ4n) is 1.90. The fourth-order valence-corrected chi connectivity index (χ4v) is 2.23. The number of nitrogens with one attached hydrogen (secondary N) is 1. The van der Waals surface area contributed by atoms with Crippen molar-refractivity contribution in [2.45, 2.75) is 31.9 Å². The first-order valence-electron chi connectivity index (χ1n) is 5.68. The number of halogens is 2. The lowest BCUT2D eigenvalue weighted by Crippen LogP contribution is -2.50. The van der Waals surface area contributed by atoms with E-state index in [9.17, 15) is 4.79 Å². The van der Waals surface area contributed by atoms with Gasteiger partial charge in [0.05, 0.1) is 16.7 Å². The van der Waals surface area contributed by atoms with Crippen LogP contribution in [0.2, 0.25) is 10.2 Å². The van der Waals surface area contributed by atoms with Crippen molar-refractivity contribution >= 4 is 29.1 Å². The molecule has 1 aliphatic rings. The average Bonchev–Trinajstić information content (AvgIpc) is 2.62. The van der Waals surface area contributed by atoms with E-state index in [2.05, 4.69) is 10.3 Å². The summed E-state index contributed by atoms with van der Waals surface area (Å²) >= 11 is 11.7. The number of carbonyl (C=O) groups is 1. The lowest BCUT2D eigenvalue weighted by atomic mass is 9.94. The molecule has 0 saturated carbocycles. The van der Waals surface area contributed by atoms with Gasteiger partial charge in [0.15, 0.2) is 0 Å². The van der Waals surface area contributed by atoms with Crippen molar-refractivity contribution in [3.63, 3.8) is 0 Å². The first kappa shape index (κ1) is 13.6. The van der Waals surface area contributed by atoms with Crippen LogP contribution < -0.4 is 5.32 Å². The predicted octanol–water partition coefficient (Wildman–Crippen LogP) is 2.69. The number of nitrogens with zero attached hydrogens (tertiary/aromatic N) is 1. The molecule has 0 spiro atoms. The van der Waals surface area contributed by atoms with Crippen LogP contribution in [0.4, 0.5) is 0 Å². The summed E-state index contributed by atoms with van der Waals surface area (Å²) in [6, 6.07) is 3.10. The standard InChI is InChI=1S/C12H14Cl2N2O2/c1-7-12(2,5-6-18-7)16-11(17)10-8(13)3-4-9(14)15-10/h3-4,7H,5-6H2,1-2H3,(H,16,17). The zero-order valence-corrected chi connectivity index (χ0v) is 11.7. The van der Waals surface area contributed by atoms with E-state index in [0.717, 1.165) is 6.42 Å². The van der Waals surface area contributed by atoms with Crippen LogP contribution in [0.5, 0.6) is 0 Å². The van der Waals surface area contributed by atoms with Gasteiger partial charge in [-0.05, 0) is 32.4 Å². The van der Waals surface area contributed by atoms with E-state index in [1.807, 2.05) is 13.8 Å². The van der Waals surface area contributed by atoms with Crippen molar-refractivity contribution in [2.24, 2.45) is 0 Å². The van der Waals surface area contributed by atoms with E-state index in [4.69, 9.17) is 27.9 Å². The van der Waals surface area contributed by atoms with Crippen molar-refractivity contribution in [1.82, 2.24) is 10.3 Å². The maximum atomic E-state index is 12.2. The number of aromatic nitrogens is 1. The number of hydrogen-bond acceptors (Lipinski definition) is 3. The van der Waals surface area contributed by atoms with Gasteiger partial charge >= 0.3 is 0 Å². The maximum absolute atomic E-state index is 12.2. The Morgan fingerprint density at radius 1 is 1.56 bits per heavy atom. The summed E-state index contributed by atoms with van der Waals surface area (Å²) < 4.78 is 5.46. The minimum absolute atomic E-state index is 0.0422. The molecule has 1 saturated heterocycles. The smallest absolute Gasteiger partial charge is 0.272 e. The molecule has 2 unspecified atom stereocenters. The lowest BCUT2D eigenvalue weighted by Gasteiger charge is -2.28. The van der Waals surface area contributed by atoms with Gasteiger partial charge in [0.1, 0.15) is 10.8 Å². The van der Waals surface area contributed by atoms with Gasteiger partial charge < -0.3 is 10.1 Å². The first-order valence-corrected chi connectivity index (χ1v) is 6.44. The Morgan fingerprint density at radius 3 is 2.89 bits per heavy atom. The van der Waals surface area contributed by atoms with E-state index in [1.54, 1.807) is 12.1 Å². The number of carbonyl (C=O) groups excluding carboxylic acids is 1. The van der Waals surface area contributed by atoms with Crippen LogP contribution in [0, 0.1) is 0 Å². The molecule has 0 aliphatic carbocycles. The molecule has 2 atom stereocenters. The van der Waals surface area contributed by atoms with Crippen molar-refractivity contribution < 1.29 is 9.53 Å². The molecule has 0 radical (unpaired) electrons. The SMILES string of the molecule is CC1OCCC1(C)NC(=O)c1nc(Cl)ccc1Cl. The molecular weight excluding hydrogens is 275 g/mol. The molecule has 1 amide bonds. The van der Waals surface area contributed by atoms with Gasteiger partial charge in [0.25, 0.3) is 5.91 Å². The van der Waals surface area contributed by atoms with Gasteiger partial charge in [-0.1, -0.05) is 23.2 Å². The molecule has 2 heterocycles. The first-order chi connectivity index (χ1) is 8.42. The summed E-state index contributed by atoms with van der Waals surface area (Å²) in [6.07, 6.45) is 0.720. The highest BCUT2D eigenvalue weighted by atomic mass is 35.5. The van der Waals surface area contributed by atoms with E-state index in [1.165, 1.54) is 0 Å². The van der Waals surface area contributed by atoms with Gasteiger partial charge in [0, 0.05) is 6.61 Å². The Bertz CT molecular complexity index is 481. The molecule has 6 heteroatoms. The quantitative estimate of drug-likeness (QED) is 0.852. The normalized spacial score (nSPS) is 27.2. The van der Waals surface area contributed by atoms with Crippen LogP contribution >= 0.6 is 23.2 Å². The van der Waals surface area contributed by atoms with Crippen molar-refractivity contribution in [3.05, 3.63) is 28.0 Å². The number of ether oxygens (including phenoxy) is 1. The van der Waals surface area contributed by atoms with E-state index in [0.29, 0.717) is 6.61 Å². The van der Waals surface area contributed by atoms with Crippen LogP contribution in [-0.4, -0.2) is 29.1 Å². The van der Waals surface area contributed by atoms with Gasteiger partial charge in [0.2, 0.25) is 0 Å². The zero-order valence-electron chi connectivity index (χ0n) is 10.2. The zero-order chi connectivity index (χ0) is 13.3. The van der Waals surface area contributed by atoms with Gasteiger partial charge in [-0.3, -0.25) is 4.79 Å². The number of amides is 1. The molecular formula is C12H14Cl2N2O2. The predicted molar refractivity (Wildman–Crippen MR) is 70.2 cm³/mol. The van der Waals surface area contributed by atoms with E-state index in [-0.39, 0.29) is 27.9 Å². The Kier molecular flexibility index (Phi) is 3.80. The molecule has 1 aliphatic heterocycles. The molecule has 0 bridgehead atoms. The number of hydrogen-bond donors (Lipinski definition) is 1. The van der Waals surface area contributed by atoms with Crippen LogP contribution in [0.3, 0.4) is 0 Å². The topological polar surface area (TPSA) is 51.2 Å². The molecule has 1 aromatic rings. The second kappa shape index (κ2) is 5.03. The van der Waals surface area contributed by atoms with Crippen molar-refractivity contribution in [1.29, 1.82) is 0 Å². The van der Waals surface area contributed by atoms with E-state index >= 15 is 0 Å². The summed E-state index contributed by atoms with van der Waals surface area (Å²) in [6.45, 7) is 4.51. The second-order valence-electron chi connectivity index (χ2n) is 4.60. The highest BCUT2D eigenvalue weighted by Gasteiger charge is 2.38. The monoisotopic (exact) mass is 288 g/mol. The summed E-state index contributed by atoms with van der Waals surface area (Å²) in [5.41, 5.74) is -0.255. The Labute approximate surface area is 116 Å². The molecule has 18 heavy (non-hydrogen) atoms. The summed E-state index contributed by atoms with van der Waals surface area (Å²) in [7, 11) is 0. The van der Waals surface area contributed by atoms with Gasteiger partial charge in [-0.25, -0.2) is 4.98 Å². The largest absolute Gasteiger partial charge is 0.376 e. The third kappa shape index (κ3) is 2.60. The summed E-state index contributed by atoms with van der Waals surface area (Å²) in [4.78, 5) is 16.1. The third-order valence-corrected chi connectivity index (χ3v) is 3.83. The Morgan fingerprint density at radius 2 is 2.28 bits per heavy atom. The highest BCUT2D eigenvalue weighted by molar-refractivity contribution is 6.34. The molecule has 2 rings (SSSR count). The second-order valence-corrected chi connectivity index (χ2v) is 5.39. The Hall–Kier alpha value is -0.840. The summed E-state index contributed by atoms with van der Waals surface area (Å²) in [5.74, 6) is -0.331. The number of rotatable bonds is 2. The lowest BCUT2D eigenvalue weighted by molar-refractivity contribution is 0.0724. The van der Waals surface area contributed by atoms with Crippen molar-refractivity contribution in [2.75, 3.05) is 6.61 Å². The minimum atomic E-state index is -0.398. The van der Waals surface area contributed by atoms with Crippen molar-refractivity contribution in [3.8, 4) is 0 Å². The molecule has 0 aromatic carbocycles. The molecule has 1 fully saturated rings. The molecule has 98 valence electrons. The van der Waals surface area contributed by atoms with Crippen LogP contribution in [0.1, 0.15) is 30.8 Å². The fraction of sp³-hybridized carbons (Fsp3) is 0.500. The maximum Gasteiger partial charge on any atom is 0.272 e. The minimum Gasteiger partial charge on any atom is -0.376 e. The average molecular weight is 289 g/mol. The van der Waals surface area contributed by atoms with Crippen LogP contribution in [-0.2, 0) is 4.74 Å². The van der Waals surface area contributed by atoms with Gasteiger partial charge in [-0.2, -0.15) is 0 Å². The number of pyridine rings is 1. The third-order valence-electron chi connectivity index (χ3n) is 3.31. The van der Waals surface area contributed by atoms with Crippen LogP contribution in [0.15, 0.2) is 12.1 Å². The molecule has 1 N–H and O–H groups in total. The Balaban J connectivity index is 2.19. The molecule has 4 nitrogen and oxygen atoms in total. The molecule has 1 aromatic heterocycles.